The summed E-state index contributed by atoms with van der Waals surface area (Å²) >= 11 is 0. The van der Waals surface area contributed by atoms with Gasteiger partial charge in [-0.15, -0.1) is 0 Å². The molecule has 1 saturated heterocycles. The van der Waals surface area contributed by atoms with Gasteiger partial charge in [-0.1, -0.05) is 26.7 Å². The van der Waals surface area contributed by atoms with Crippen LogP contribution in [0.4, 0.5) is 0 Å². The molecule has 2 rings (SSSR count). The first-order valence-electron chi connectivity index (χ1n) is 9.24. The van der Waals surface area contributed by atoms with Crippen molar-refractivity contribution in [3.63, 3.8) is 0 Å². The Morgan fingerprint density at radius 1 is 1.09 bits per heavy atom. The van der Waals surface area contributed by atoms with E-state index < -0.39 is 0 Å². The molecule has 23 heavy (non-hydrogen) atoms. The molecular formula is C18H32N2O3. The zero-order valence-electron chi connectivity index (χ0n) is 14.7. The van der Waals surface area contributed by atoms with Crippen molar-refractivity contribution in [1.29, 1.82) is 0 Å². The van der Waals surface area contributed by atoms with E-state index in [1.54, 1.807) is 0 Å². The minimum Gasteiger partial charge on any atom is -0.379 e. The van der Waals surface area contributed by atoms with Crippen LogP contribution >= 0.6 is 0 Å². The van der Waals surface area contributed by atoms with Crippen LogP contribution in [-0.2, 0) is 14.3 Å². The van der Waals surface area contributed by atoms with Gasteiger partial charge in [-0.3, -0.25) is 9.59 Å². The number of nitrogens with zero attached hydrogens (tertiary/aromatic N) is 1. The molecule has 0 aromatic heterocycles. The second-order valence-electron chi connectivity index (χ2n) is 7.29. The van der Waals surface area contributed by atoms with E-state index in [4.69, 9.17) is 4.74 Å². The molecule has 0 bridgehead atoms. The maximum atomic E-state index is 12.7. The van der Waals surface area contributed by atoms with Gasteiger partial charge in [0.25, 0.3) is 0 Å². The van der Waals surface area contributed by atoms with Gasteiger partial charge in [-0.05, 0) is 31.6 Å². The van der Waals surface area contributed by atoms with Crippen LogP contribution in [0.5, 0.6) is 0 Å². The smallest absolute Gasteiger partial charge is 0.226 e. The van der Waals surface area contributed by atoms with Gasteiger partial charge in [0.05, 0.1) is 6.61 Å². The molecule has 0 aromatic rings. The van der Waals surface area contributed by atoms with Gasteiger partial charge in [0.15, 0.2) is 0 Å². The molecule has 1 heterocycles. The van der Waals surface area contributed by atoms with Crippen LogP contribution in [0.15, 0.2) is 0 Å². The predicted molar refractivity (Wildman–Crippen MR) is 89.9 cm³/mol. The van der Waals surface area contributed by atoms with Crippen LogP contribution < -0.4 is 5.32 Å². The quantitative estimate of drug-likeness (QED) is 0.731. The lowest BCUT2D eigenvalue weighted by atomic mass is 9.78. The van der Waals surface area contributed by atoms with Gasteiger partial charge < -0.3 is 15.0 Å². The number of carbonyl (C=O) groups is 2. The van der Waals surface area contributed by atoms with Crippen LogP contribution in [0.1, 0.15) is 52.4 Å². The lowest BCUT2D eigenvalue weighted by Crippen LogP contribution is -2.45. The first-order valence-corrected chi connectivity index (χ1v) is 9.24. The first-order chi connectivity index (χ1) is 11.1. The summed E-state index contributed by atoms with van der Waals surface area (Å²) in [5.74, 6) is 0.487. The highest BCUT2D eigenvalue weighted by Gasteiger charge is 2.38. The van der Waals surface area contributed by atoms with E-state index in [9.17, 15) is 9.59 Å². The number of likely N-dealkylation sites (tertiary alicyclic amines) is 1. The zero-order chi connectivity index (χ0) is 16.7. The number of hydrogen-bond acceptors (Lipinski definition) is 3. The Kier molecular flexibility index (Phi) is 7.34. The third-order valence-corrected chi connectivity index (χ3v) is 4.83. The van der Waals surface area contributed by atoms with Crippen molar-refractivity contribution >= 4 is 11.8 Å². The van der Waals surface area contributed by atoms with E-state index in [2.05, 4.69) is 19.2 Å². The second kappa shape index (κ2) is 9.26. The summed E-state index contributed by atoms with van der Waals surface area (Å²) in [6.45, 7) is 7.74. The van der Waals surface area contributed by atoms with E-state index in [1.165, 1.54) is 0 Å². The van der Waals surface area contributed by atoms with Crippen molar-refractivity contribution in [2.24, 2.45) is 17.8 Å². The van der Waals surface area contributed by atoms with Gasteiger partial charge in [-0.25, -0.2) is 0 Å². The number of nitrogens with one attached hydrogen (secondary N) is 1. The van der Waals surface area contributed by atoms with Gasteiger partial charge in [0.2, 0.25) is 11.8 Å². The van der Waals surface area contributed by atoms with Gasteiger partial charge in [-0.2, -0.15) is 0 Å². The molecule has 2 atom stereocenters. The van der Waals surface area contributed by atoms with Crippen molar-refractivity contribution in [3.8, 4) is 0 Å². The summed E-state index contributed by atoms with van der Waals surface area (Å²) in [4.78, 5) is 27.1. The number of amides is 2. The summed E-state index contributed by atoms with van der Waals surface area (Å²) in [5, 5.41) is 2.97. The Balaban J connectivity index is 1.80. The Hall–Kier alpha value is -1.10. The van der Waals surface area contributed by atoms with Crippen LogP contribution in [0.25, 0.3) is 0 Å². The van der Waals surface area contributed by atoms with Crippen molar-refractivity contribution in [3.05, 3.63) is 0 Å². The molecule has 0 radical (unpaired) electrons. The van der Waals surface area contributed by atoms with Gasteiger partial charge >= 0.3 is 0 Å². The van der Waals surface area contributed by atoms with E-state index >= 15 is 0 Å². The highest BCUT2D eigenvalue weighted by atomic mass is 16.5. The standard InChI is InChI=1S/C18H32N2O3/c1-14(2)13-23-12-9-19-17(21)15-7-3-4-8-16(15)18(22)20-10-5-6-11-20/h14-16H,3-13H2,1-2H3,(H,19,21)/t15-,16-/m0/s1. The van der Waals surface area contributed by atoms with E-state index in [0.717, 1.165) is 58.2 Å². The number of ether oxygens (including phenoxy) is 1. The molecule has 5 nitrogen and oxygen atoms in total. The van der Waals surface area contributed by atoms with Crippen LogP contribution in [0.2, 0.25) is 0 Å². The fraction of sp³-hybridized carbons (Fsp3) is 0.889. The minimum atomic E-state index is -0.151. The van der Waals surface area contributed by atoms with Crippen molar-refractivity contribution < 1.29 is 14.3 Å². The fourth-order valence-corrected chi connectivity index (χ4v) is 3.61. The van der Waals surface area contributed by atoms with E-state index in [0.29, 0.717) is 19.1 Å². The van der Waals surface area contributed by atoms with Crippen LogP contribution in [0.3, 0.4) is 0 Å². The molecule has 0 spiro atoms. The molecular weight excluding hydrogens is 292 g/mol. The molecule has 5 heteroatoms. The van der Waals surface area contributed by atoms with Crippen LogP contribution in [-0.4, -0.2) is 49.6 Å². The first kappa shape index (κ1) is 18.2. The fourth-order valence-electron chi connectivity index (χ4n) is 3.61. The molecule has 1 N–H and O–H groups in total. The zero-order valence-corrected chi connectivity index (χ0v) is 14.7. The van der Waals surface area contributed by atoms with E-state index in [-0.39, 0.29) is 23.7 Å². The van der Waals surface area contributed by atoms with Crippen LogP contribution in [0, 0.1) is 17.8 Å². The van der Waals surface area contributed by atoms with Crippen molar-refractivity contribution in [1.82, 2.24) is 10.2 Å². The molecule has 2 aliphatic rings. The molecule has 1 aliphatic heterocycles. The summed E-state index contributed by atoms with van der Waals surface area (Å²) in [6, 6.07) is 0. The normalized spacial score (nSPS) is 24.9. The monoisotopic (exact) mass is 324 g/mol. The SMILES string of the molecule is CC(C)COCCNC(=O)[C@H]1CCCC[C@@H]1C(=O)N1CCCC1. The predicted octanol–water partition coefficient (Wildman–Crippen LogP) is 2.20. The summed E-state index contributed by atoms with van der Waals surface area (Å²) in [6.07, 6.45) is 6.00. The largest absolute Gasteiger partial charge is 0.379 e. The Morgan fingerprint density at radius 2 is 1.74 bits per heavy atom. The molecule has 1 aliphatic carbocycles. The lowest BCUT2D eigenvalue weighted by Gasteiger charge is -2.32. The molecule has 2 amide bonds. The maximum absolute atomic E-state index is 12.7. The number of hydrogen-bond donors (Lipinski definition) is 1. The van der Waals surface area contributed by atoms with Gasteiger partial charge in [0.1, 0.15) is 0 Å². The maximum Gasteiger partial charge on any atom is 0.226 e. The highest BCUT2D eigenvalue weighted by molar-refractivity contribution is 5.88. The van der Waals surface area contributed by atoms with Gasteiger partial charge in [0, 0.05) is 38.1 Å². The Morgan fingerprint density at radius 3 is 2.39 bits per heavy atom. The van der Waals surface area contributed by atoms with Crippen molar-refractivity contribution in [2.45, 2.75) is 52.4 Å². The molecule has 2 fully saturated rings. The molecule has 0 aromatic carbocycles. The lowest BCUT2D eigenvalue weighted by molar-refractivity contribution is -0.142. The number of rotatable bonds is 7. The molecule has 132 valence electrons. The highest BCUT2D eigenvalue weighted by Crippen LogP contribution is 2.32. The Bertz CT molecular complexity index is 392. The average molecular weight is 324 g/mol. The summed E-state index contributed by atoms with van der Waals surface area (Å²) in [5.41, 5.74) is 0. The van der Waals surface area contributed by atoms with E-state index in [1.807, 2.05) is 4.90 Å². The minimum absolute atomic E-state index is 0.0374. The topological polar surface area (TPSA) is 58.6 Å². The Labute approximate surface area is 140 Å². The third kappa shape index (κ3) is 5.48. The number of carbonyl (C=O) groups excluding carboxylic acids is 2. The van der Waals surface area contributed by atoms with Crippen molar-refractivity contribution in [2.75, 3.05) is 32.8 Å². The summed E-state index contributed by atoms with van der Waals surface area (Å²) < 4.78 is 5.50. The average Bonchev–Trinajstić information content (AvgIpc) is 3.08. The summed E-state index contributed by atoms with van der Waals surface area (Å²) in [7, 11) is 0. The molecule has 1 saturated carbocycles. The third-order valence-electron chi connectivity index (χ3n) is 4.83. The second-order valence-corrected chi connectivity index (χ2v) is 7.29. The molecule has 0 unspecified atom stereocenters.